The van der Waals surface area contributed by atoms with Crippen LogP contribution < -0.4 is 10.6 Å². The molecule has 3 heteroatoms. The van der Waals surface area contributed by atoms with Crippen molar-refractivity contribution in [2.75, 3.05) is 4.90 Å². The Bertz CT molecular complexity index is 3080. The number of rotatable bonds is 8. The number of hydrogen-bond donors (Lipinski definition) is 1. The summed E-state index contributed by atoms with van der Waals surface area (Å²) >= 11 is 0. The Hall–Kier alpha value is -8.01. The van der Waals surface area contributed by atoms with E-state index < -0.39 is 5.41 Å². The van der Waals surface area contributed by atoms with Crippen molar-refractivity contribution in [2.24, 2.45) is 10.7 Å². The molecule has 2 N–H and O–H groups in total. The van der Waals surface area contributed by atoms with E-state index in [2.05, 4.69) is 217 Å². The molecule has 1 unspecified atom stereocenters. The third-order valence-corrected chi connectivity index (χ3v) is 12.6. The van der Waals surface area contributed by atoms with Gasteiger partial charge in [0.25, 0.3) is 0 Å². The molecule has 1 spiro atoms. The summed E-state index contributed by atoms with van der Waals surface area (Å²) in [6, 6.07) is 82.3. The number of anilines is 3. The Morgan fingerprint density at radius 2 is 0.968 bits per heavy atom. The second kappa shape index (κ2) is 15.5. The van der Waals surface area contributed by atoms with E-state index >= 15 is 0 Å². The topological polar surface area (TPSA) is 41.6 Å². The van der Waals surface area contributed by atoms with Crippen LogP contribution in [0.2, 0.25) is 0 Å². The summed E-state index contributed by atoms with van der Waals surface area (Å²) in [6.45, 7) is 0. The number of benzene rings is 9. The van der Waals surface area contributed by atoms with Gasteiger partial charge in [-0.05, 0) is 109 Å². The minimum atomic E-state index is -0.559. The lowest BCUT2D eigenvalue weighted by atomic mass is 9.64. The predicted molar refractivity (Wildman–Crippen MR) is 258 cm³/mol. The second-order valence-electron chi connectivity index (χ2n) is 16.0. The summed E-state index contributed by atoms with van der Waals surface area (Å²) in [6.07, 6.45) is 4.07. The van der Waals surface area contributed by atoms with E-state index in [-0.39, 0.29) is 6.04 Å². The molecule has 1 atom stereocenters. The average Bonchev–Trinajstić information content (AvgIpc) is 3.64. The lowest BCUT2D eigenvalue weighted by Crippen LogP contribution is -2.36. The molecule has 9 aromatic carbocycles. The summed E-state index contributed by atoms with van der Waals surface area (Å²) < 4.78 is 0. The molecule has 0 fully saturated rings. The highest BCUT2D eigenvalue weighted by Crippen LogP contribution is 2.63. The van der Waals surface area contributed by atoms with Crippen molar-refractivity contribution in [3.8, 4) is 33.4 Å². The lowest BCUT2D eigenvalue weighted by molar-refractivity contribution is 0.753. The highest BCUT2D eigenvalue weighted by Gasteiger charge is 2.51. The molecule has 9 aromatic rings. The number of para-hydroxylation sites is 3. The van der Waals surface area contributed by atoms with Gasteiger partial charge in [0.2, 0.25) is 0 Å². The third kappa shape index (κ3) is 6.17. The second-order valence-corrected chi connectivity index (χ2v) is 16.0. The van der Waals surface area contributed by atoms with Gasteiger partial charge in [-0.3, -0.25) is 4.99 Å². The Balaban J connectivity index is 1.08. The summed E-state index contributed by atoms with van der Waals surface area (Å²) in [7, 11) is 0. The first-order valence-corrected chi connectivity index (χ1v) is 21.3. The zero-order chi connectivity index (χ0) is 41.5. The molecule has 0 radical (unpaired) electrons. The van der Waals surface area contributed by atoms with Gasteiger partial charge in [-0.2, -0.15) is 0 Å². The van der Waals surface area contributed by atoms with Crippen LogP contribution in [-0.2, 0) is 5.41 Å². The first-order chi connectivity index (χ1) is 30.7. The highest BCUT2D eigenvalue weighted by molar-refractivity contribution is 5.96. The van der Waals surface area contributed by atoms with Gasteiger partial charge in [0.1, 0.15) is 0 Å². The molecule has 0 saturated heterocycles. The fourth-order valence-corrected chi connectivity index (χ4v) is 9.82. The SMILES string of the molecule is N/C(=C\C(/N=C/c1ccccc1)c1ccccc1-c1ccc2c(c1)C1(c3ccccc3-2)c2ccccc2N(c2ccccc2)c2ccccc21)c1ccc(-c2ccccc2)cc1. The van der Waals surface area contributed by atoms with Gasteiger partial charge in [0, 0.05) is 17.6 Å². The van der Waals surface area contributed by atoms with Crippen LogP contribution in [0.25, 0.3) is 39.1 Å². The molecule has 0 saturated carbocycles. The molecule has 2 aliphatic rings. The molecule has 294 valence electrons. The minimum absolute atomic E-state index is 0.366. The molecule has 1 aliphatic carbocycles. The molecule has 0 amide bonds. The summed E-state index contributed by atoms with van der Waals surface area (Å²) in [5.41, 5.74) is 25.9. The van der Waals surface area contributed by atoms with Crippen LogP contribution in [0.15, 0.2) is 242 Å². The van der Waals surface area contributed by atoms with Gasteiger partial charge in [0.15, 0.2) is 0 Å². The number of nitrogens with zero attached hydrogens (tertiary/aromatic N) is 2. The molecule has 1 aliphatic heterocycles. The average molecular weight is 794 g/mol. The first-order valence-electron chi connectivity index (χ1n) is 21.3. The van der Waals surface area contributed by atoms with Crippen LogP contribution in [0.5, 0.6) is 0 Å². The Morgan fingerprint density at radius 1 is 0.452 bits per heavy atom. The number of fused-ring (bicyclic) bond motifs is 9. The Kier molecular flexibility index (Phi) is 9.28. The monoisotopic (exact) mass is 793 g/mol. The normalized spacial score (nSPS) is 13.9. The van der Waals surface area contributed by atoms with Gasteiger partial charge in [-0.15, -0.1) is 0 Å². The molecule has 62 heavy (non-hydrogen) atoms. The van der Waals surface area contributed by atoms with E-state index in [0.717, 1.165) is 39.1 Å². The van der Waals surface area contributed by atoms with Gasteiger partial charge in [0.05, 0.1) is 22.8 Å². The largest absolute Gasteiger partial charge is 0.398 e. The van der Waals surface area contributed by atoms with E-state index in [0.29, 0.717) is 5.70 Å². The number of aliphatic imine (C=N–C) groups is 1. The van der Waals surface area contributed by atoms with Crippen LogP contribution in [0, 0.1) is 0 Å². The van der Waals surface area contributed by atoms with Crippen molar-refractivity contribution in [1.82, 2.24) is 0 Å². The van der Waals surface area contributed by atoms with E-state index in [1.807, 2.05) is 30.5 Å². The van der Waals surface area contributed by atoms with E-state index in [4.69, 9.17) is 10.7 Å². The molecular formula is C59H43N3. The van der Waals surface area contributed by atoms with Gasteiger partial charge in [-0.1, -0.05) is 200 Å². The maximum Gasteiger partial charge on any atom is 0.0959 e. The summed E-state index contributed by atoms with van der Waals surface area (Å²) in [5, 5.41) is 0. The van der Waals surface area contributed by atoms with E-state index in [1.165, 1.54) is 50.3 Å². The fraction of sp³-hybridized carbons (Fsp3) is 0.0339. The standard InChI is InChI=1S/C59H43N3/c60-55(44-34-32-43(33-35-44)42-20-6-2-7-21-42)39-56(61-40-41-18-4-1-5-19-41)50-26-11-10-24-47(50)45-36-37-49-48-25-12-13-27-51(48)59(54(49)38-45)52-28-14-16-30-57(52)62(46-22-8-3-9-23-46)58-31-17-15-29-53(58)59/h1-40,56H,60H2/b55-39-,61-40+. The molecule has 3 nitrogen and oxygen atoms in total. The molecule has 11 rings (SSSR count). The van der Waals surface area contributed by atoms with Crippen molar-refractivity contribution < 1.29 is 0 Å². The van der Waals surface area contributed by atoms with Crippen molar-refractivity contribution in [2.45, 2.75) is 11.5 Å². The quantitative estimate of drug-likeness (QED) is 0.156. The van der Waals surface area contributed by atoms with Crippen LogP contribution in [0.4, 0.5) is 17.1 Å². The van der Waals surface area contributed by atoms with Gasteiger partial charge < -0.3 is 10.6 Å². The predicted octanol–water partition coefficient (Wildman–Crippen LogP) is 14.3. The maximum atomic E-state index is 7.02. The maximum absolute atomic E-state index is 7.02. The van der Waals surface area contributed by atoms with Crippen molar-refractivity contribution in [3.05, 3.63) is 276 Å². The Morgan fingerprint density at radius 3 is 1.66 bits per heavy atom. The lowest BCUT2D eigenvalue weighted by Gasteiger charge is -2.45. The van der Waals surface area contributed by atoms with Crippen molar-refractivity contribution in [3.63, 3.8) is 0 Å². The van der Waals surface area contributed by atoms with Crippen LogP contribution in [0.1, 0.15) is 45.0 Å². The fourth-order valence-electron chi connectivity index (χ4n) is 9.82. The zero-order valence-electron chi connectivity index (χ0n) is 34.1. The van der Waals surface area contributed by atoms with Crippen molar-refractivity contribution in [1.29, 1.82) is 0 Å². The highest BCUT2D eigenvalue weighted by atomic mass is 15.2. The zero-order valence-corrected chi connectivity index (χ0v) is 34.1. The van der Waals surface area contributed by atoms with Crippen LogP contribution >= 0.6 is 0 Å². The first kappa shape index (κ1) is 37.0. The smallest absolute Gasteiger partial charge is 0.0959 e. The van der Waals surface area contributed by atoms with E-state index in [1.54, 1.807) is 0 Å². The number of nitrogens with two attached hydrogens (primary N) is 1. The van der Waals surface area contributed by atoms with Crippen molar-refractivity contribution >= 4 is 29.0 Å². The van der Waals surface area contributed by atoms with Crippen LogP contribution in [0.3, 0.4) is 0 Å². The molecule has 1 heterocycles. The van der Waals surface area contributed by atoms with Gasteiger partial charge >= 0.3 is 0 Å². The van der Waals surface area contributed by atoms with Crippen LogP contribution in [-0.4, -0.2) is 6.21 Å². The summed E-state index contributed by atoms with van der Waals surface area (Å²) in [4.78, 5) is 7.71. The Labute approximate surface area is 363 Å². The summed E-state index contributed by atoms with van der Waals surface area (Å²) in [5.74, 6) is 0. The minimum Gasteiger partial charge on any atom is -0.398 e. The van der Waals surface area contributed by atoms with Gasteiger partial charge in [-0.25, -0.2) is 0 Å². The molecule has 0 aromatic heterocycles. The third-order valence-electron chi connectivity index (χ3n) is 12.6. The molecule has 0 bridgehead atoms. The number of hydrogen-bond acceptors (Lipinski definition) is 3. The van der Waals surface area contributed by atoms with E-state index in [9.17, 15) is 0 Å². The molecular weight excluding hydrogens is 751 g/mol.